The Labute approximate surface area is 99.2 Å². The van der Waals surface area contributed by atoms with Crippen molar-refractivity contribution >= 4 is 11.7 Å². The molecule has 0 amide bonds. The summed E-state index contributed by atoms with van der Waals surface area (Å²) < 4.78 is 4.89. The standard InChI is InChI=1S/C11H14N4O2/c1-2-17-11(16)10(8-13-15-12)14-9-6-4-3-5-7-9/h3-7,10,14H,2,8H2,1H3. The molecule has 0 aliphatic rings. The third kappa shape index (κ3) is 4.44. The fourth-order valence-electron chi connectivity index (χ4n) is 1.28. The van der Waals surface area contributed by atoms with Gasteiger partial charge in [0.05, 0.1) is 13.2 Å². The molecule has 0 saturated heterocycles. The lowest BCUT2D eigenvalue weighted by Crippen LogP contribution is -2.34. The van der Waals surface area contributed by atoms with Gasteiger partial charge in [-0.15, -0.1) is 0 Å². The van der Waals surface area contributed by atoms with Gasteiger partial charge in [-0.1, -0.05) is 23.3 Å². The quantitative estimate of drug-likeness (QED) is 0.354. The SMILES string of the molecule is CCOC(=O)C(CN=[N+]=[N-])Nc1ccccc1. The van der Waals surface area contributed by atoms with E-state index in [0.717, 1.165) is 5.69 Å². The summed E-state index contributed by atoms with van der Waals surface area (Å²) >= 11 is 0. The number of esters is 1. The van der Waals surface area contributed by atoms with Crippen LogP contribution in [0.25, 0.3) is 10.4 Å². The van der Waals surface area contributed by atoms with Crippen LogP contribution < -0.4 is 5.32 Å². The molecule has 0 fully saturated rings. The predicted octanol–water partition coefficient (Wildman–Crippen LogP) is 2.34. The number of ether oxygens (including phenoxy) is 1. The molecule has 1 N–H and O–H groups in total. The zero-order chi connectivity index (χ0) is 12.5. The van der Waals surface area contributed by atoms with Gasteiger partial charge in [-0.3, -0.25) is 0 Å². The molecule has 90 valence electrons. The van der Waals surface area contributed by atoms with E-state index in [0.29, 0.717) is 6.61 Å². The van der Waals surface area contributed by atoms with Crippen LogP contribution in [0.1, 0.15) is 6.92 Å². The van der Waals surface area contributed by atoms with Crippen molar-refractivity contribution in [2.75, 3.05) is 18.5 Å². The molecule has 0 bridgehead atoms. The molecule has 0 aliphatic heterocycles. The van der Waals surface area contributed by atoms with Crippen molar-refractivity contribution in [3.8, 4) is 0 Å². The molecule has 6 heteroatoms. The fourth-order valence-corrected chi connectivity index (χ4v) is 1.28. The summed E-state index contributed by atoms with van der Waals surface area (Å²) in [6.45, 7) is 2.04. The van der Waals surface area contributed by atoms with Crippen LogP contribution in [-0.2, 0) is 9.53 Å². The minimum Gasteiger partial charge on any atom is -0.464 e. The van der Waals surface area contributed by atoms with E-state index in [-0.39, 0.29) is 6.54 Å². The van der Waals surface area contributed by atoms with E-state index in [2.05, 4.69) is 15.3 Å². The van der Waals surface area contributed by atoms with Crippen molar-refractivity contribution in [2.24, 2.45) is 5.11 Å². The number of carbonyl (C=O) groups excluding carboxylic acids is 1. The molecule has 0 aliphatic carbocycles. The first-order chi connectivity index (χ1) is 8.27. The van der Waals surface area contributed by atoms with E-state index >= 15 is 0 Å². The molecule has 0 aromatic heterocycles. The number of hydrogen-bond acceptors (Lipinski definition) is 4. The summed E-state index contributed by atoms with van der Waals surface area (Å²) in [5.74, 6) is -0.427. The number of anilines is 1. The molecule has 1 unspecified atom stereocenters. The predicted molar refractivity (Wildman–Crippen MR) is 64.5 cm³/mol. The van der Waals surface area contributed by atoms with E-state index in [1.54, 1.807) is 6.92 Å². The Hall–Kier alpha value is -2.20. The van der Waals surface area contributed by atoms with Crippen molar-refractivity contribution in [2.45, 2.75) is 13.0 Å². The minimum atomic E-state index is -0.659. The van der Waals surface area contributed by atoms with Gasteiger partial charge < -0.3 is 10.1 Å². The Kier molecular flexibility index (Phi) is 5.40. The van der Waals surface area contributed by atoms with Gasteiger partial charge in [-0.25, -0.2) is 4.79 Å². The molecule has 17 heavy (non-hydrogen) atoms. The van der Waals surface area contributed by atoms with Gasteiger partial charge >= 0.3 is 5.97 Å². The first-order valence-corrected chi connectivity index (χ1v) is 5.27. The maximum absolute atomic E-state index is 11.6. The number of para-hydroxylation sites is 1. The van der Waals surface area contributed by atoms with Crippen molar-refractivity contribution in [3.63, 3.8) is 0 Å². The van der Waals surface area contributed by atoms with Crippen LogP contribution in [0.5, 0.6) is 0 Å². The molecule has 0 spiro atoms. The monoisotopic (exact) mass is 234 g/mol. The first kappa shape index (κ1) is 12.9. The molecule has 1 atom stereocenters. The Balaban J connectivity index is 2.69. The number of rotatable bonds is 6. The highest BCUT2D eigenvalue weighted by Crippen LogP contribution is 2.08. The lowest BCUT2D eigenvalue weighted by atomic mass is 10.2. The Morgan fingerprint density at radius 2 is 2.24 bits per heavy atom. The highest BCUT2D eigenvalue weighted by Gasteiger charge is 2.18. The molecule has 1 rings (SSSR count). The summed E-state index contributed by atoms with van der Waals surface area (Å²) in [4.78, 5) is 14.2. The second kappa shape index (κ2) is 7.14. The van der Waals surface area contributed by atoms with Crippen molar-refractivity contribution in [1.82, 2.24) is 0 Å². The maximum Gasteiger partial charge on any atom is 0.328 e. The van der Waals surface area contributed by atoms with Gasteiger partial charge in [0.2, 0.25) is 0 Å². The molecule has 0 radical (unpaired) electrons. The normalized spacial score (nSPS) is 11.1. The van der Waals surface area contributed by atoms with E-state index < -0.39 is 12.0 Å². The zero-order valence-electron chi connectivity index (χ0n) is 9.54. The third-order valence-electron chi connectivity index (χ3n) is 2.01. The first-order valence-electron chi connectivity index (χ1n) is 5.27. The van der Waals surface area contributed by atoms with E-state index in [4.69, 9.17) is 10.3 Å². The van der Waals surface area contributed by atoms with Crippen LogP contribution in [0.4, 0.5) is 5.69 Å². The van der Waals surface area contributed by atoms with Gasteiger partial charge in [-0.2, -0.15) is 0 Å². The average molecular weight is 234 g/mol. The largest absolute Gasteiger partial charge is 0.464 e. The summed E-state index contributed by atoms with van der Waals surface area (Å²) in [6, 6.07) is 8.55. The van der Waals surface area contributed by atoms with Crippen molar-refractivity contribution < 1.29 is 9.53 Å². The van der Waals surface area contributed by atoms with E-state index in [1.165, 1.54) is 0 Å². The van der Waals surface area contributed by atoms with Gasteiger partial charge in [0.15, 0.2) is 0 Å². The molecule has 1 aromatic rings. The second-order valence-corrected chi connectivity index (χ2v) is 3.23. The van der Waals surface area contributed by atoms with E-state index in [9.17, 15) is 4.79 Å². The van der Waals surface area contributed by atoms with Crippen molar-refractivity contribution in [3.05, 3.63) is 40.8 Å². The van der Waals surface area contributed by atoms with E-state index in [1.807, 2.05) is 30.3 Å². The summed E-state index contributed by atoms with van der Waals surface area (Å²) in [7, 11) is 0. The van der Waals surface area contributed by atoms with Crippen LogP contribution in [0.3, 0.4) is 0 Å². The number of azide groups is 1. The maximum atomic E-state index is 11.6. The smallest absolute Gasteiger partial charge is 0.328 e. The average Bonchev–Trinajstić information content (AvgIpc) is 2.36. The molecule has 0 heterocycles. The van der Waals surface area contributed by atoms with Gasteiger partial charge in [0.1, 0.15) is 6.04 Å². The molecule has 0 saturated carbocycles. The minimum absolute atomic E-state index is 0.0181. The zero-order valence-corrected chi connectivity index (χ0v) is 9.54. The van der Waals surface area contributed by atoms with Gasteiger partial charge in [-0.05, 0) is 24.6 Å². The number of nitrogens with zero attached hydrogens (tertiary/aromatic N) is 3. The van der Waals surface area contributed by atoms with Crippen LogP contribution in [0.2, 0.25) is 0 Å². The summed E-state index contributed by atoms with van der Waals surface area (Å²) in [5, 5.41) is 6.35. The Bertz CT molecular complexity index is 401. The van der Waals surface area contributed by atoms with Crippen LogP contribution >= 0.6 is 0 Å². The number of nitrogens with one attached hydrogen (secondary N) is 1. The number of carbonyl (C=O) groups is 1. The molecular formula is C11H14N4O2. The molecule has 1 aromatic carbocycles. The summed E-state index contributed by atoms with van der Waals surface area (Å²) in [6.07, 6.45) is 0. The topological polar surface area (TPSA) is 87.1 Å². The number of hydrogen-bond donors (Lipinski definition) is 1. The Morgan fingerprint density at radius 1 is 1.53 bits per heavy atom. The summed E-state index contributed by atoms with van der Waals surface area (Å²) in [5.41, 5.74) is 9.05. The van der Waals surface area contributed by atoms with Crippen molar-refractivity contribution in [1.29, 1.82) is 0 Å². The second-order valence-electron chi connectivity index (χ2n) is 3.23. The van der Waals surface area contributed by atoms with Crippen LogP contribution in [-0.4, -0.2) is 25.2 Å². The van der Waals surface area contributed by atoms with Crippen LogP contribution in [0, 0.1) is 0 Å². The number of benzene rings is 1. The molecule has 6 nitrogen and oxygen atoms in total. The fraction of sp³-hybridized carbons (Fsp3) is 0.364. The lowest BCUT2D eigenvalue weighted by Gasteiger charge is -2.16. The highest BCUT2D eigenvalue weighted by molar-refractivity contribution is 5.79. The van der Waals surface area contributed by atoms with Gasteiger partial charge in [0.25, 0.3) is 0 Å². The third-order valence-corrected chi connectivity index (χ3v) is 2.01. The van der Waals surface area contributed by atoms with Gasteiger partial charge in [0, 0.05) is 10.6 Å². The molecular weight excluding hydrogens is 220 g/mol. The van der Waals surface area contributed by atoms with Crippen LogP contribution in [0.15, 0.2) is 35.4 Å². The highest BCUT2D eigenvalue weighted by atomic mass is 16.5. The lowest BCUT2D eigenvalue weighted by molar-refractivity contribution is -0.143. The Morgan fingerprint density at radius 3 is 2.82 bits per heavy atom.